The van der Waals surface area contributed by atoms with Crippen LogP contribution in [0.1, 0.15) is 43.4 Å². The molecule has 21 heavy (non-hydrogen) atoms. The molecule has 0 bridgehead atoms. The van der Waals surface area contributed by atoms with Crippen LogP contribution in [-0.2, 0) is 11.3 Å². The maximum absolute atomic E-state index is 12.8. The molecule has 1 aromatic rings. The maximum Gasteiger partial charge on any atom is 0.226 e. The highest BCUT2D eigenvalue weighted by Crippen LogP contribution is 2.23. The lowest BCUT2D eigenvalue weighted by atomic mass is 9.96. The quantitative estimate of drug-likeness (QED) is 0.855. The summed E-state index contributed by atoms with van der Waals surface area (Å²) in [5, 5.41) is 2.14. The van der Waals surface area contributed by atoms with Gasteiger partial charge in [0.2, 0.25) is 5.91 Å². The molecule has 3 heterocycles. The largest absolute Gasteiger partial charge is 0.342 e. The van der Waals surface area contributed by atoms with E-state index in [0.29, 0.717) is 5.91 Å². The highest BCUT2D eigenvalue weighted by Gasteiger charge is 2.29. The Kier molecular flexibility index (Phi) is 5.31. The first kappa shape index (κ1) is 15.0. The number of rotatable bonds is 3. The van der Waals surface area contributed by atoms with Crippen LogP contribution in [0.15, 0.2) is 17.5 Å². The van der Waals surface area contributed by atoms with E-state index in [1.54, 1.807) is 0 Å². The summed E-state index contributed by atoms with van der Waals surface area (Å²) in [6.07, 6.45) is 7.21. The van der Waals surface area contributed by atoms with Crippen LogP contribution in [0, 0.1) is 5.92 Å². The molecule has 2 fully saturated rings. The minimum absolute atomic E-state index is 0.233. The third-order valence-electron chi connectivity index (χ3n) is 4.73. The number of hydrogen-bond acceptors (Lipinski definition) is 3. The first-order valence-corrected chi connectivity index (χ1v) is 9.24. The van der Waals surface area contributed by atoms with Crippen molar-refractivity contribution in [2.24, 2.45) is 5.92 Å². The van der Waals surface area contributed by atoms with Crippen molar-refractivity contribution in [1.29, 1.82) is 0 Å². The van der Waals surface area contributed by atoms with Crippen LogP contribution in [0.25, 0.3) is 0 Å². The van der Waals surface area contributed by atoms with Crippen LogP contribution < -0.4 is 0 Å². The normalized spacial score (nSPS) is 24.8. The SMILES string of the molecule is O=C([C@@H]1CCCN(Cc2cccs2)C1)N1CCCCCC1. The van der Waals surface area contributed by atoms with Crippen LogP contribution in [0.5, 0.6) is 0 Å². The van der Waals surface area contributed by atoms with Crippen molar-refractivity contribution in [1.82, 2.24) is 9.80 Å². The molecular weight excluding hydrogens is 280 g/mol. The number of hydrogen-bond donors (Lipinski definition) is 0. The van der Waals surface area contributed by atoms with E-state index < -0.39 is 0 Å². The summed E-state index contributed by atoms with van der Waals surface area (Å²) in [7, 11) is 0. The fourth-order valence-corrected chi connectivity index (χ4v) is 4.32. The van der Waals surface area contributed by atoms with E-state index in [1.807, 2.05) is 11.3 Å². The van der Waals surface area contributed by atoms with E-state index in [1.165, 1.54) is 30.6 Å². The topological polar surface area (TPSA) is 23.6 Å². The van der Waals surface area contributed by atoms with Crippen molar-refractivity contribution in [2.45, 2.75) is 45.1 Å². The molecule has 1 aromatic heterocycles. The van der Waals surface area contributed by atoms with E-state index in [0.717, 1.165) is 45.6 Å². The molecule has 0 saturated carbocycles. The zero-order valence-corrected chi connectivity index (χ0v) is 13.6. The zero-order valence-electron chi connectivity index (χ0n) is 12.8. The summed E-state index contributed by atoms with van der Waals surface area (Å²) in [4.78, 5) is 18.8. The Balaban J connectivity index is 1.55. The molecular formula is C17H26N2OS. The molecule has 116 valence electrons. The van der Waals surface area contributed by atoms with Gasteiger partial charge in [0.15, 0.2) is 0 Å². The second kappa shape index (κ2) is 7.41. The van der Waals surface area contributed by atoms with Gasteiger partial charge < -0.3 is 4.90 Å². The van der Waals surface area contributed by atoms with Gasteiger partial charge in [0, 0.05) is 31.1 Å². The minimum Gasteiger partial charge on any atom is -0.342 e. The van der Waals surface area contributed by atoms with Gasteiger partial charge in [0.25, 0.3) is 0 Å². The molecule has 0 aliphatic carbocycles. The van der Waals surface area contributed by atoms with Crippen molar-refractivity contribution in [3.05, 3.63) is 22.4 Å². The van der Waals surface area contributed by atoms with Crippen LogP contribution >= 0.6 is 11.3 Å². The fraction of sp³-hybridized carbons (Fsp3) is 0.706. The van der Waals surface area contributed by atoms with Gasteiger partial charge >= 0.3 is 0 Å². The third-order valence-corrected chi connectivity index (χ3v) is 5.59. The Hall–Kier alpha value is -0.870. The van der Waals surface area contributed by atoms with Gasteiger partial charge in [-0.3, -0.25) is 9.69 Å². The van der Waals surface area contributed by atoms with Gasteiger partial charge in [-0.25, -0.2) is 0 Å². The van der Waals surface area contributed by atoms with Crippen molar-refractivity contribution >= 4 is 17.2 Å². The van der Waals surface area contributed by atoms with Crippen LogP contribution in [-0.4, -0.2) is 41.9 Å². The maximum atomic E-state index is 12.8. The molecule has 0 radical (unpaired) electrons. The van der Waals surface area contributed by atoms with Gasteiger partial charge in [-0.15, -0.1) is 11.3 Å². The third kappa shape index (κ3) is 4.07. The Labute approximate surface area is 131 Å². The Morgan fingerprint density at radius 1 is 1.14 bits per heavy atom. The summed E-state index contributed by atoms with van der Waals surface area (Å²) in [5.41, 5.74) is 0. The van der Waals surface area contributed by atoms with Gasteiger partial charge in [-0.05, 0) is 43.7 Å². The molecule has 0 spiro atoms. The summed E-state index contributed by atoms with van der Waals surface area (Å²) in [6.45, 7) is 5.08. The molecule has 0 N–H and O–H groups in total. The molecule has 3 rings (SSSR count). The van der Waals surface area contributed by atoms with Gasteiger partial charge in [-0.2, -0.15) is 0 Å². The van der Waals surface area contributed by atoms with Gasteiger partial charge in [0.05, 0.1) is 5.92 Å². The number of nitrogens with zero attached hydrogens (tertiary/aromatic N) is 2. The summed E-state index contributed by atoms with van der Waals surface area (Å²) in [6, 6.07) is 4.31. The summed E-state index contributed by atoms with van der Waals surface area (Å²) in [5.74, 6) is 0.657. The van der Waals surface area contributed by atoms with Crippen molar-refractivity contribution in [2.75, 3.05) is 26.2 Å². The van der Waals surface area contributed by atoms with Crippen molar-refractivity contribution in [3.8, 4) is 0 Å². The molecule has 0 unspecified atom stereocenters. The Morgan fingerprint density at radius 2 is 1.95 bits per heavy atom. The standard InChI is InChI=1S/C17H26N2OS/c20-17(19-10-3-1-2-4-11-19)15-7-5-9-18(13-15)14-16-8-6-12-21-16/h6,8,12,15H,1-5,7,9-11,13-14H2/t15-/m1/s1. The fourth-order valence-electron chi connectivity index (χ4n) is 3.57. The van der Waals surface area contributed by atoms with E-state index in [2.05, 4.69) is 27.3 Å². The van der Waals surface area contributed by atoms with Gasteiger partial charge in [0.1, 0.15) is 0 Å². The summed E-state index contributed by atoms with van der Waals surface area (Å²) >= 11 is 1.82. The van der Waals surface area contributed by atoms with Crippen LogP contribution in [0.4, 0.5) is 0 Å². The van der Waals surface area contributed by atoms with E-state index in [-0.39, 0.29) is 5.92 Å². The lowest BCUT2D eigenvalue weighted by Gasteiger charge is -2.34. The van der Waals surface area contributed by atoms with E-state index >= 15 is 0 Å². The van der Waals surface area contributed by atoms with Crippen molar-refractivity contribution in [3.63, 3.8) is 0 Å². The molecule has 2 aliphatic heterocycles. The molecule has 1 atom stereocenters. The lowest BCUT2D eigenvalue weighted by molar-refractivity contribution is -0.137. The lowest BCUT2D eigenvalue weighted by Crippen LogP contribution is -2.44. The van der Waals surface area contributed by atoms with Crippen LogP contribution in [0.3, 0.4) is 0 Å². The molecule has 2 aliphatic rings. The average molecular weight is 306 g/mol. The van der Waals surface area contributed by atoms with E-state index in [4.69, 9.17) is 0 Å². The van der Waals surface area contributed by atoms with Crippen LogP contribution in [0.2, 0.25) is 0 Å². The zero-order chi connectivity index (χ0) is 14.5. The number of amides is 1. The second-order valence-electron chi connectivity index (χ2n) is 6.39. The highest BCUT2D eigenvalue weighted by atomic mass is 32.1. The molecule has 3 nitrogen and oxygen atoms in total. The second-order valence-corrected chi connectivity index (χ2v) is 7.43. The Bertz CT molecular complexity index is 438. The Morgan fingerprint density at radius 3 is 2.67 bits per heavy atom. The molecule has 2 saturated heterocycles. The predicted molar refractivity (Wildman–Crippen MR) is 87.4 cm³/mol. The minimum atomic E-state index is 0.233. The van der Waals surface area contributed by atoms with Crippen molar-refractivity contribution < 1.29 is 4.79 Å². The smallest absolute Gasteiger partial charge is 0.226 e. The number of piperidine rings is 1. The summed E-state index contributed by atoms with van der Waals surface area (Å²) < 4.78 is 0. The predicted octanol–water partition coefficient (Wildman–Crippen LogP) is 3.36. The number of carbonyl (C=O) groups is 1. The first-order valence-electron chi connectivity index (χ1n) is 8.36. The average Bonchev–Trinajstić information content (AvgIpc) is 2.87. The highest BCUT2D eigenvalue weighted by molar-refractivity contribution is 7.09. The monoisotopic (exact) mass is 306 g/mol. The molecule has 1 amide bonds. The number of thiophene rings is 1. The molecule has 4 heteroatoms. The number of likely N-dealkylation sites (tertiary alicyclic amines) is 2. The number of carbonyl (C=O) groups excluding carboxylic acids is 1. The first-order chi connectivity index (χ1) is 10.3. The molecule has 0 aromatic carbocycles. The van der Waals surface area contributed by atoms with E-state index in [9.17, 15) is 4.79 Å². The van der Waals surface area contributed by atoms with Gasteiger partial charge in [-0.1, -0.05) is 18.9 Å².